The molecule has 0 aliphatic heterocycles. The van der Waals surface area contributed by atoms with Gasteiger partial charge in [0.15, 0.2) is 0 Å². The second-order valence-corrected chi connectivity index (χ2v) is 7.35. The quantitative estimate of drug-likeness (QED) is 0.789. The number of sulfonamides is 1. The standard InChI is InChI=1S/C15H24N2O3S/c1-13(2)16-15(18)10-12-17(21(3,19)20)11-9-14-7-5-4-6-8-14/h4-8,13H,9-12H2,1-3H3,(H,16,18). The number of hydrogen-bond acceptors (Lipinski definition) is 3. The van der Waals surface area contributed by atoms with Gasteiger partial charge in [-0.2, -0.15) is 0 Å². The lowest BCUT2D eigenvalue weighted by molar-refractivity contribution is -0.121. The zero-order valence-corrected chi connectivity index (χ0v) is 13.7. The van der Waals surface area contributed by atoms with E-state index in [1.54, 1.807) is 0 Å². The zero-order chi connectivity index (χ0) is 15.9. The predicted molar refractivity (Wildman–Crippen MR) is 84.5 cm³/mol. The van der Waals surface area contributed by atoms with E-state index in [1.165, 1.54) is 10.6 Å². The molecule has 0 aromatic heterocycles. The molecule has 0 fully saturated rings. The first-order valence-corrected chi connectivity index (χ1v) is 8.92. The van der Waals surface area contributed by atoms with Gasteiger partial charge in [-0.25, -0.2) is 12.7 Å². The molecule has 0 aliphatic carbocycles. The van der Waals surface area contributed by atoms with Gasteiger partial charge in [0, 0.05) is 25.6 Å². The first-order valence-electron chi connectivity index (χ1n) is 7.07. The van der Waals surface area contributed by atoms with Gasteiger partial charge in [-0.05, 0) is 25.8 Å². The molecule has 118 valence electrons. The number of rotatable bonds is 8. The first-order chi connectivity index (χ1) is 9.79. The Morgan fingerprint density at radius 3 is 2.33 bits per heavy atom. The largest absolute Gasteiger partial charge is 0.354 e. The van der Waals surface area contributed by atoms with Crippen molar-refractivity contribution in [2.24, 2.45) is 0 Å². The van der Waals surface area contributed by atoms with Gasteiger partial charge in [-0.1, -0.05) is 30.3 Å². The Labute approximate surface area is 127 Å². The Morgan fingerprint density at radius 2 is 1.81 bits per heavy atom. The monoisotopic (exact) mass is 312 g/mol. The molecule has 1 amide bonds. The number of benzene rings is 1. The molecule has 1 rings (SSSR count). The van der Waals surface area contributed by atoms with E-state index in [9.17, 15) is 13.2 Å². The lowest BCUT2D eigenvalue weighted by Crippen LogP contribution is -2.37. The Morgan fingerprint density at radius 1 is 1.19 bits per heavy atom. The van der Waals surface area contributed by atoms with Crippen LogP contribution in [0.2, 0.25) is 0 Å². The lowest BCUT2D eigenvalue weighted by atomic mass is 10.1. The molecule has 0 spiro atoms. The molecule has 0 saturated heterocycles. The number of hydrogen-bond donors (Lipinski definition) is 1. The second-order valence-electron chi connectivity index (χ2n) is 5.37. The molecule has 0 bridgehead atoms. The minimum absolute atomic E-state index is 0.0634. The summed E-state index contributed by atoms with van der Waals surface area (Å²) in [7, 11) is -3.31. The molecule has 0 atom stereocenters. The van der Waals surface area contributed by atoms with Gasteiger partial charge >= 0.3 is 0 Å². The molecule has 0 saturated carbocycles. The normalized spacial score (nSPS) is 11.9. The summed E-state index contributed by atoms with van der Waals surface area (Å²) in [5.41, 5.74) is 1.08. The van der Waals surface area contributed by atoms with Crippen molar-refractivity contribution in [3.63, 3.8) is 0 Å². The van der Waals surface area contributed by atoms with Crippen LogP contribution in [0.15, 0.2) is 30.3 Å². The number of carbonyl (C=O) groups is 1. The van der Waals surface area contributed by atoms with Crippen molar-refractivity contribution in [3.8, 4) is 0 Å². The third-order valence-electron chi connectivity index (χ3n) is 3.00. The van der Waals surface area contributed by atoms with Crippen LogP contribution in [0.5, 0.6) is 0 Å². The Hall–Kier alpha value is -1.40. The number of nitrogens with zero attached hydrogens (tertiary/aromatic N) is 1. The van der Waals surface area contributed by atoms with Gasteiger partial charge in [0.1, 0.15) is 0 Å². The highest BCUT2D eigenvalue weighted by atomic mass is 32.2. The molecule has 5 nitrogen and oxygen atoms in total. The molecule has 1 N–H and O–H groups in total. The van der Waals surface area contributed by atoms with Crippen molar-refractivity contribution in [2.45, 2.75) is 32.7 Å². The second kappa shape index (κ2) is 8.14. The fourth-order valence-electron chi connectivity index (χ4n) is 1.96. The maximum Gasteiger partial charge on any atom is 0.221 e. The van der Waals surface area contributed by atoms with E-state index < -0.39 is 10.0 Å². The van der Waals surface area contributed by atoms with Crippen LogP contribution in [0.3, 0.4) is 0 Å². The lowest BCUT2D eigenvalue weighted by Gasteiger charge is -2.20. The fourth-order valence-corrected chi connectivity index (χ4v) is 2.81. The summed E-state index contributed by atoms with van der Waals surface area (Å²) in [6, 6.07) is 9.77. The number of nitrogens with one attached hydrogen (secondary N) is 1. The highest BCUT2D eigenvalue weighted by molar-refractivity contribution is 7.88. The molecule has 0 unspecified atom stereocenters. The van der Waals surface area contributed by atoms with Crippen LogP contribution < -0.4 is 5.32 Å². The third-order valence-corrected chi connectivity index (χ3v) is 4.30. The van der Waals surface area contributed by atoms with Crippen molar-refractivity contribution in [3.05, 3.63) is 35.9 Å². The molecule has 21 heavy (non-hydrogen) atoms. The highest BCUT2D eigenvalue weighted by Gasteiger charge is 2.17. The predicted octanol–water partition coefficient (Wildman–Crippen LogP) is 1.41. The molecular formula is C15H24N2O3S. The molecule has 1 aromatic rings. The zero-order valence-electron chi connectivity index (χ0n) is 12.9. The molecular weight excluding hydrogens is 288 g/mol. The van der Waals surface area contributed by atoms with Gasteiger partial charge < -0.3 is 5.32 Å². The first kappa shape index (κ1) is 17.7. The Kier molecular flexibility index (Phi) is 6.84. The van der Waals surface area contributed by atoms with E-state index in [2.05, 4.69) is 5.32 Å². The topological polar surface area (TPSA) is 66.5 Å². The summed E-state index contributed by atoms with van der Waals surface area (Å²) < 4.78 is 24.9. The average Bonchev–Trinajstić information content (AvgIpc) is 2.37. The average molecular weight is 312 g/mol. The summed E-state index contributed by atoms with van der Waals surface area (Å²) >= 11 is 0. The smallest absolute Gasteiger partial charge is 0.221 e. The SMILES string of the molecule is CC(C)NC(=O)CCN(CCc1ccccc1)S(C)(=O)=O. The van der Waals surface area contributed by atoms with Crippen molar-refractivity contribution in [1.82, 2.24) is 9.62 Å². The number of carbonyl (C=O) groups excluding carboxylic acids is 1. The van der Waals surface area contributed by atoms with Gasteiger partial charge in [-0.15, -0.1) is 0 Å². The van der Waals surface area contributed by atoms with Gasteiger partial charge in [0.2, 0.25) is 15.9 Å². The number of amides is 1. The van der Waals surface area contributed by atoms with Crippen molar-refractivity contribution in [1.29, 1.82) is 0 Å². The van der Waals surface area contributed by atoms with E-state index in [0.717, 1.165) is 5.56 Å². The molecule has 0 aliphatic rings. The van der Waals surface area contributed by atoms with E-state index in [-0.39, 0.29) is 24.9 Å². The van der Waals surface area contributed by atoms with Crippen LogP contribution in [0, 0.1) is 0 Å². The third kappa shape index (κ3) is 7.24. The van der Waals surface area contributed by atoms with Crippen LogP contribution in [0.25, 0.3) is 0 Å². The van der Waals surface area contributed by atoms with E-state index in [0.29, 0.717) is 13.0 Å². The van der Waals surface area contributed by atoms with Crippen molar-refractivity contribution >= 4 is 15.9 Å². The van der Waals surface area contributed by atoms with Gasteiger partial charge in [-0.3, -0.25) is 4.79 Å². The Bertz CT molecular complexity index is 541. The van der Waals surface area contributed by atoms with E-state index in [4.69, 9.17) is 0 Å². The Balaban J connectivity index is 2.55. The van der Waals surface area contributed by atoms with Gasteiger partial charge in [0.05, 0.1) is 6.26 Å². The summed E-state index contributed by atoms with van der Waals surface area (Å²) in [6.45, 7) is 4.35. The van der Waals surface area contributed by atoms with Crippen LogP contribution in [0.1, 0.15) is 25.8 Å². The van der Waals surface area contributed by atoms with Crippen LogP contribution in [-0.4, -0.2) is 44.0 Å². The maximum atomic E-state index is 11.8. The van der Waals surface area contributed by atoms with Crippen molar-refractivity contribution < 1.29 is 13.2 Å². The summed E-state index contributed by atoms with van der Waals surface area (Å²) in [4.78, 5) is 11.6. The van der Waals surface area contributed by atoms with E-state index in [1.807, 2.05) is 44.2 Å². The molecule has 0 radical (unpaired) electrons. The fraction of sp³-hybridized carbons (Fsp3) is 0.533. The van der Waals surface area contributed by atoms with Gasteiger partial charge in [0.25, 0.3) is 0 Å². The molecule has 1 aromatic carbocycles. The van der Waals surface area contributed by atoms with Crippen LogP contribution in [-0.2, 0) is 21.2 Å². The summed E-state index contributed by atoms with van der Waals surface area (Å²) in [5, 5.41) is 2.76. The van der Waals surface area contributed by atoms with Crippen LogP contribution in [0.4, 0.5) is 0 Å². The van der Waals surface area contributed by atoms with E-state index >= 15 is 0 Å². The molecule has 6 heteroatoms. The molecule has 0 heterocycles. The summed E-state index contributed by atoms with van der Waals surface area (Å²) in [6.07, 6.45) is 2.00. The highest BCUT2D eigenvalue weighted by Crippen LogP contribution is 2.05. The minimum Gasteiger partial charge on any atom is -0.354 e. The van der Waals surface area contributed by atoms with Crippen molar-refractivity contribution in [2.75, 3.05) is 19.3 Å². The minimum atomic E-state index is -3.31. The summed E-state index contributed by atoms with van der Waals surface area (Å²) in [5.74, 6) is -0.127. The van der Waals surface area contributed by atoms with Crippen LogP contribution >= 0.6 is 0 Å². The maximum absolute atomic E-state index is 11.8.